The number of halogens is 1. The van der Waals surface area contributed by atoms with E-state index in [1.54, 1.807) is 11.3 Å². The second-order valence-corrected chi connectivity index (χ2v) is 6.06. The Morgan fingerprint density at radius 2 is 2.39 bits per heavy atom. The number of nitrogens with two attached hydrogens (primary N) is 1. The van der Waals surface area contributed by atoms with Crippen molar-refractivity contribution in [2.45, 2.75) is 12.6 Å². The molecule has 0 aliphatic carbocycles. The van der Waals surface area contributed by atoms with Gasteiger partial charge in [-0.05, 0) is 34.4 Å². The van der Waals surface area contributed by atoms with Crippen LogP contribution in [0.2, 0.25) is 0 Å². The Balaban J connectivity index is 2.14. The predicted molar refractivity (Wildman–Crippen MR) is 78.5 cm³/mol. The molecule has 1 atom stereocenters. The van der Waals surface area contributed by atoms with Gasteiger partial charge in [0.05, 0.1) is 12.6 Å². The van der Waals surface area contributed by atoms with E-state index in [0.29, 0.717) is 6.54 Å². The summed E-state index contributed by atoms with van der Waals surface area (Å²) in [7, 11) is 4.09. The quantitative estimate of drug-likeness (QED) is 0.916. The van der Waals surface area contributed by atoms with E-state index >= 15 is 0 Å². The van der Waals surface area contributed by atoms with Gasteiger partial charge in [-0.2, -0.15) is 0 Å². The molecule has 0 aliphatic rings. The molecule has 0 radical (unpaired) electrons. The van der Waals surface area contributed by atoms with Crippen molar-refractivity contribution in [3.05, 3.63) is 39.0 Å². The lowest BCUT2D eigenvalue weighted by molar-refractivity contribution is 0.236. The van der Waals surface area contributed by atoms with Crippen LogP contribution in [-0.4, -0.2) is 28.0 Å². The summed E-state index contributed by atoms with van der Waals surface area (Å²) < 4.78 is 3.17. The fourth-order valence-electron chi connectivity index (χ4n) is 1.91. The van der Waals surface area contributed by atoms with Crippen molar-refractivity contribution in [1.29, 1.82) is 0 Å². The molecule has 0 saturated carbocycles. The Morgan fingerprint density at radius 3 is 2.89 bits per heavy atom. The van der Waals surface area contributed by atoms with Crippen LogP contribution in [-0.2, 0) is 13.6 Å². The van der Waals surface area contributed by atoms with Gasteiger partial charge in [0, 0.05) is 35.3 Å². The molecular weight excluding hydrogens is 312 g/mol. The van der Waals surface area contributed by atoms with Crippen molar-refractivity contribution in [3.63, 3.8) is 0 Å². The highest BCUT2D eigenvalue weighted by Gasteiger charge is 2.20. The van der Waals surface area contributed by atoms with Gasteiger partial charge in [0.15, 0.2) is 0 Å². The molecule has 0 aromatic carbocycles. The van der Waals surface area contributed by atoms with Gasteiger partial charge in [0.2, 0.25) is 0 Å². The molecule has 6 heteroatoms. The first kappa shape index (κ1) is 13.7. The minimum atomic E-state index is 0.219. The fraction of sp³-hybridized carbons (Fsp3) is 0.417. The van der Waals surface area contributed by atoms with Crippen molar-refractivity contribution in [2.75, 3.05) is 13.6 Å². The first-order valence-corrected chi connectivity index (χ1v) is 7.40. The molecule has 0 spiro atoms. The first-order valence-electron chi connectivity index (χ1n) is 5.73. The summed E-state index contributed by atoms with van der Waals surface area (Å²) in [5.74, 6) is 1.05. The minimum Gasteiger partial charge on any atom is -0.337 e. The Labute approximate surface area is 120 Å². The van der Waals surface area contributed by atoms with E-state index in [-0.39, 0.29) is 6.04 Å². The van der Waals surface area contributed by atoms with Crippen LogP contribution in [0.1, 0.15) is 16.7 Å². The summed E-state index contributed by atoms with van der Waals surface area (Å²) in [5.41, 5.74) is 5.92. The number of aromatic nitrogens is 2. The standard InChI is InChI=1S/C12H17BrN4S/c1-16-5-4-15-11(16)8-17(2)10(7-14)12-9(13)3-6-18-12/h3-6,10H,7-8,14H2,1-2H3. The summed E-state index contributed by atoms with van der Waals surface area (Å²) in [4.78, 5) is 7.86. The molecule has 98 valence electrons. The van der Waals surface area contributed by atoms with Crippen molar-refractivity contribution < 1.29 is 0 Å². The van der Waals surface area contributed by atoms with Crippen LogP contribution < -0.4 is 5.73 Å². The highest BCUT2D eigenvalue weighted by atomic mass is 79.9. The second-order valence-electron chi connectivity index (χ2n) is 4.25. The normalized spacial score (nSPS) is 13.2. The van der Waals surface area contributed by atoms with E-state index in [4.69, 9.17) is 5.73 Å². The number of thiophene rings is 1. The van der Waals surface area contributed by atoms with Crippen molar-refractivity contribution in [2.24, 2.45) is 12.8 Å². The van der Waals surface area contributed by atoms with Crippen LogP contribution >= 0.6 is 27.3 Å². The van der Waals surface area contributed by atoms with E-state index in [9.17, 15) is 0 Å². The van der Waals surface area contributed by atoms with Gasteiger partial charge in [-0.25, -0.2) is 4.98 Å². The summed E-state index contributed by atoms with van der Waals surface area (Å²) in [6.45, 7) is 1.38. The first-order chi connectivity index (χ1) is 8.63. The monoisotopic (exact) mass is 328 g/mol. The molecule has 4 nitrogen and oxygen atoms in total. The van der Waals surface area contributed by atoms with Crippen LogP contribution in [0.5, 0.6) is 0 Å². The van der Waals surface area contributed by atoms with E-state index in [1.807, 2.05) is 24.0 Å². The van der Waals surface area contributed by atoms with Gasteiger partial charge < -0.3 is 10.3 Å². The van der Waals surface area contributed by atoms with Crippen LogP contribution in [0, 0.1) is 0 Å². The molecule has 2 aromatic rings. The Bertz CT molecular complexity index is 508. The molecule has 0 fully saturated rings. The van der Waals surface area contributed by atoms with Gasteiger partial charge in [0.25, 0.3) is 0 Å². The van der Waals surface area contributed by atoms with Crippen LogP contribution in [0.4, 0.5) is 0 Å². The SMILES string of the molecule is CN(Cc1nccn1C)C(CN)c1sccc1Br. The van der Waals surface area contributed by atoms with Crippen molar-refractivity contribution in [3.8, 4) is 0 Å². The predicted octanol–water partition coefficient (Wildman–Crippen LogP) is 2.38. The number of hydrogen-bond acceptors (Lipinski definition) is 4. The van der Waals surface area contributed by atoms with Gasteiger partial charge >= 0.3 is 0 Å². The fourth-order valence-corrected chi connectivity index (χ4v) is 3.73. The molecule has 0 amide bonds. The van der Waals surface area contributed by atoms with Crippen LogP contribution in [0.25, 0.3) is 0 Å². The molecule has 18 heavy (non-hydrogen) atoms. The lowest BCUT2D eigenvalue weighted by Gasteiger charge is -2.26. The number of hydrogen-bond donors (Lipinski definition) is 1. The lowest BCUT2D eigenvalue weighted by Crippen LogP contribution is -2.30. The molecule has 1 unspecified atom stereocenters. The average Bonchev–Trinajstić information content (AvgIpc) is 2.91. The highest BCUT2D eigenvalue weighted by molar-refractivity contribution is 9.10. The molecule has 2 heterocycles. The maximum Gasteiger partial charge on any atom is 0.122 e. The molecule has 0 aliphatic heterocycles. The minimum absolute atomic E-state index is 0.219. The van der Waals surface area contributed by atoms with E-state index in [2.05, 4.69) is 44.3 Å². The smallest absolute Gasteiger partial charge is 0.122 e. The zero-order chi connectivity index (χ0) is 13.1. The molecule has 2 rings (SSSR count). The van der Waals surface area contributed by atoms with E-state index < -0.39 is 0 Å². The Kier molecular flexibility index (Phi) is 4.55. The highest BCUT2D eigenvalue weighted by Crippen LogP contribution is 2.32. The summed E-state index contributed by atoms with van der Waals surface area (Å²) in [5, 5.41) is 2.08. The average molecular weight is 329 g/mol. The zero-order valence-corrected chi connectivity index (χ0v) is 12.9. The second kappa shape index (κ2) is 5.97. The largest absolute Gasteiger partial charge is 0.337 e. The maximum absolute atomic E-state index is 5.92. The number of imidazole rings is 1. The summed E-state index contributed by atoms with van der Waals surface area (Å²) >= 11 is 5.31. The Hall–Kier alpha value is -0.690. The number of likely N-dealkylation sites (N-methyl/N-ethyl adjacent to an activating group) is 1. The van der Waals surface area contributed by atoms with E-state index in [0.717, 1.165) is 16.8 Å². The number of aryl methyl sites for hydroxylation is 1. The molecule has 0 bridgehead atoms. The van der Waals surface area contributed by atoms with Crippen LogP contribution in [0.15, 0.2) is 28.3 Å². The molecule has 2 aromatic heterocycles. The summed E-state index contributed by atoms with van der Waals surface area (Å²) in [6.07, 6.45) is 3.78. The van der Waals surface area contributed by atoms with E-state index in [1.165, 1.54) is 4.88 Å². The maximum atomic E-state index is 5.92. The molecule has 2 N–H and O–H groups in total. The topological polar surface area (TPSA) is 47.1 Å². The third kappa shape index (κ3) is 2.83. The van der Waals surface area contributed by atoms with Gasteiger partial charge in [-0.1, -0.05) is 0 Å². The zero-order valence-electron chi connectivity index (χ0n) is 10.5. The third-order valence-corrected chi connectivity index (χ3v) is 4.99. The van der Waals surface area contributed by atoms with Crippen molar-refractivity contribution in [1.82, 2.24) is 14.5 Å². The third-order valence-electron chi connectivity index (χ3n) is 3.01. The van der Waals surface area contributed by atoms with Gasteiger partial charge in [0.1, 0.15) is 5.82 Å². The molecule has 0 saturated heterocycles. The van der Waals surface area contributed by atoms with Crippen molar-refractivity contribution >= 4 is 27.3 Å². The lowest BCUT2D eigenvalue weighted by atomic mass is 10.2. The Morgan fingerprint density at radius 1 is 1.61 bits per heavy atom. The van der Waals surface area contributed by atoms with Gasteiger partial charge in [-0.3, -0.25) is 4.90 Å². The molecular formula is C12H17BrN4S. The van der Waals surface area contributed by atoms with Gasteiger partial charge in [-0.15, -0.1) is 11.3 Å². The summed E-state index contributed by atoms with van der Waals surface area (Å²) in [6, 6.07) is 2.29. The number of rotatable bonds is 5. The van der Waals surface area contributed by atoms with Crippen LogP contribution in [0.3, 0.4) is 0 Å². The number of nitrogens with zero attached hydrogens (tertiary/aromatic N) is 3.